The predicted octanol–water partition coefficient (Wildman–Crippen LogP) is 1.28. The SMILES string of the molecule is c1cc(N2CCCC(NCc3cnc4cnccn34)C2)ncn1. The predicted molar refractivity (Wildman–Crippen MR) is 87.1 cm³/mol. The van der Waals surface area contributed by atoms with Crippen molar-refractivity contribution in [3.8, 4) is 0 Å². The fourth-order valence-electron chi connectivity index (χ4n) is 3.10. The molecule has 4 rings (SSSR count). The van der Waals surface area contributed by atoms with E-state index in [1.807, 2.05) is 18.5 Å². The van der Waals surface area contributed by atoms with Crippen LogP contribution in [-0.2, 0) is 6.54 Å². The Morgan fingerprint density at radius 2 is 2.17 bits per heavy atom. The van der Waals surface area contributed by atoms with Gasteiger partial charge in [0.2, 0.25) is 0 Å². The van der Waals surface area contributed by atoms with Crippen molar-refractivity contribution in [1.82, 2.24) is 29.7 Å². The normalized spacial score (nSPS) is 18.4. The third-order valence-corrected chi connectivity index (χ3v) is 4.28. The molecule has 118 valence electrons. The molecular weight excluding hydrogens is 290 g/mol. The van der Waals surface area contributed by atoms with E-state index < -0.39 is 0 Å². The second-order valence-electron chi connectivity index (χ2n) is 5.79. The molecule has 1 aliphatic heterocycles. The molecule has 0 aliphatic carbocycles. The first-order valence-electron chi connectivity index (χ1n) is 7.90. The minimum Gasteiger partial charge on any atom is -0.355 e. The van der Waals surface area contributed by atoms with Crippen LogP contribution in [0.4, 0.5) is 5.82 Å². The van der Waals surface area contributed by atoms with Gasteiger partial charge in [0.25, 0.3) is 0 Å². The van der Waals surface area contributed by atoms with E-state index in [0.29, 0.717) is 6.04 Å². The van der Waals surface area contributed by atoms with E-state index in [1.165, 1.54) is 12.8 Å². The smallest absolute Gasteiger partial charge is 0.155 e. The summed E-state index contributed by atoms with van der Waals surface area (Å²) >= 11 is 0. The summed E-state index contributed by atoms with van der Waals surface area (Å²) in [6.45, 7) is 2.82. The van der Waals surface area contributed by atoms with Crippen LogP contribution >= 0.6 is 0 Å². The number of aromatic nitrogens is 5. The van der Waals surface area contributed by atoms with Crippen LogP contribution < -0.4 is 10.2 Å². The van der Waals surface area contributed by atoms with Gasteiger partial charge in [0, 0.05) is 44.3 Å². The Kier molecular flexibility index (Phi) is 3.85. The zero-order valence-electron chi connectivity index (χ0n) is 12.8. The standard InChI is InChI=1S/C16H19N7/c1-2-13(11-22(6-1)15-3-4-18-12-21-15)19-8-14-9-20-16-10-17-5-7-23(14)16/h3-5,7,9-10,12-13,19H,1-2,6,8,11H2. The number of anilines is 1. The van der Waals surface area contributed by atoms with E-state index in [9.17, 15) is 0 Å². The van der Waals surface area contributed by atoms with Gasteiger partial charge in [-0.3, -0.25) is 9.38 Å². The highest BCUT2D eigenvalue weighted by Crippen LogP contribution is 2.17. The maximum atomic E-state index is 4.38. The molecule has 1 saturated heterocycles. The number of imidazole rings is 1. The van der Waals surface area contributed by atoms with Crippen LogP contribution in [0.5, 0.6) is 0 Å². The Morgan fingerprint density at radius 3 is 3.09 bits per heavy atom. The van der Waals surface area contributed by atoms with Gasteiger partial charge < -0.3 is 10.2 Å². The van der Waals surface area contributed by atoms with E-state index in [0.717, 1.165) is 36.8 Å². The lowest BCUT2D eigenvalue weighted by Crippen LogP contribution is -2.45. The summed E-state index contributed by atoms with van der Waals surface area (Å²) in [5, 5.41) is 3.65. The van der Waals surface area contributed by atoms with Crippen LogP contribution in [0.3, 0.4) is 0 Å². The molecule has 23 heavy (non-hydrogen) atoms. The van der Waals surface area contributed by atoms with Gasteiger partial charge in [-0.25, -0.2) is 15.0 Å². The van der Waals surface area contributed by atoms with Crippen molar-refractivity contribution in [3.63, 3.8) is 0 Å². The molecule has 0 aromatic carbocycles. The molecule has 1 atom stereocenters. The summed E-state index contributed by atoms with van der Waals surface area (Å²) in [7, 11) is 0. The van der Waals surface area contributed by atoms with Crippen LogP contribution in [0.25, 0.3) is 5.65 Å². The number of piperidine rings is 1. The number of nitrogens with one attached hydrogen (secondary N) is 1. The lowest BCUT2D eigenvalue weighted by molar-refractivity contribution is 0.417. The van der Waals surface area contributed by atoms with E-state index in [4.69, 9.17) is 0 Å². The molecular formula is C16H19N7. The Labute approximate surface area is 134 Å². The third kappa shape index (κ3) is 3.00. The largest absolute Gasteiger partial charge is 0.355 e. The highest BCUT2D eigenvalue weighted by atomic mass is 15.2. The van der Waals surface area contributed by atoms with Gasteiger partial charge in [-0.15, -0.1) is 0 Å². The fourth-order valence-corrected chi connectivity index (χ4v) is 3.10. The van der Waals surface area contributed by atoms with Gasteiger partial charge >= 0.3 is 0 Å². The van der Waals surface area contributed by atoms with Gasteiger partial charge in [-0.2, -0.15) is 0 Å². The molecule has 3 aromatic heterocycles. The molecule has 7 nitrogen and oxygen atoms in total. The Hall–Kier alpha value is -2.54. The summed E-state index contributed by atoms with van der Waals surface area (Å²) < 4.78 is 2.07. The monoisotopic (exact) mass is 309 g/mol. The van der Waals surface area contributed by atoms with Gasteiger partial charge in [0.05, 0.1) is 18.1 Å². The zero-order chi connectivity index (χ0) is 15.5. The summed E-state index contributed by atoms with van der Waals surface area (Å²) in [4.78, 5) is 19.1. The van der Waals surface area contributed by atoms with E-state index in [-0.39, 0.29) is 0 Å². The van der Waals surface area contributed by atoms with Crippen molar-refractivity contribution >= 4 is 11.5 Å². The molecule has 0 saturated carbocycles. The molecule has 4 heterocycles. The molecule has 0 bridgehead atoms. The van der Waals surface area contributed by atoms with E-state index in [2.05, 4.69) is 34.6 Å². The number of fused-ring (bicyclic) bond motifs is 1. The first-order valence-corrected chi connectivity index (χ1v) is 7.90. The van der Waals surface area contributed by atoms with Crippen molar-refractivity contribution in [2.45, 2.75) is 25.4 Å². The Bertz CT molecular complexity index is 770. The number of hydrogen-bond donors (Lipinski definition) is 1. The van der Waals surface area contributed by atoms with Gasteiger partial charge in [0.15, 0.2) is 5.65 Å². The van der Waals surface area contributed by atoms with Crippen molar-refractivity contribution < 1.29 is 0 Å². The quantitative estimate of drug-likeness (QED) is 0.783. The van der Waals surface area contributed by atoms with Crippen molar-refractivity contribution in [2.24, 2.45) is 0 Å². The summed E-state index contributed by atoms with van der Waals surface area (Å²) in [6.07, 6.45) is 13.2. The van der Waals surface area contributed by atoms with E-state index >= 15 is 0 Å². The lowest BCUT2D eigenvalue weighted by atomic mass is 10.1. The molecule has 0 amide bonds. The highest BCUT2D eigenvalue weighted by molar-refractivity contribution is 5.38. The number of rotatable bonds is 4. The Balaban J connectivity index is 1.41. The maximum absolute atomic E-state index is 4.38. The van der Waals surface area contributed by atoms with Crippen molar-refractivity contribution in [1.29, 1.82) is 0 Å². The molecule has 0 radical (unpaired) electrons. The highest BCUT2D eigenvalue weighted by Gasteiger charge is 2.20. The molecule has 1 aliphatic rings. The number of nitrogens with zero attached hydrogens (tertiary/aromatic N) is 6. The minimum absolute atomic E-state index is 0.450. The summed E-state index contributed by atoms with van der Waals surface area (Å²) in [5.74, 6) is 1.01. The Morgan fingerprint density at radius 1 is 1.17 bits per heavy atom. The van der Waals surface area contributed by atoms with Crippen LogP contribution in [0.2, 0.25) is 0 Å². The molecule has 0 spiro atoms. The van der Waals surface area contributed by atoms with Crippen LogP contribution in [-0.4, -0.2) is 43.5 Å². The second kappa shape index (κ2) is 6.29. The van der Waals surface area contributed by atoms with Gasteiger partial charge in [-0.1, -0.05) is 0 Å². The zero-order valence-corrected chi connectivity index (χ0v) is 12.8. The van der Waals surface area contributed by atoms with Crippen LogP contribution in [0.1, 0.15) is 18.5 Å². The number of hydrogen-bond acceptors (Lipinski definition) is 6. The molecule has 1 fully saturated rings. The average molecular weight is 309 g/mol. The summed E-state index contributed by atoms with van der Waals surface area (Å²) in [5.41, 5.74) is 2.04. The maximum Gasteiger partial charge on any atom is 0.155 e. The first kappa shape index (κ1) is 14.1. The molecule has 3 aromatic rings. The minimum atomic E-state index is 0.450. The molecule has 1 unspecified atom stereocenters. The molecule has 1 N–H and O–H groups in total. The third-order valence-electron chi connectivity index (χ3n) is 4.28. The topological polar surface area (TPSA) is 71.2 Å². The molecule has 7 heteroatoms. The first-order chi connectivity index (χ1) is 11.4. The summed E-state index contributed by atoms with van der Waals surface area (Å²) in [6, 6.07) is 2.42. The lowest BCUT2D eigenvalue weighted by Gasteiger charge is -2.34. The average Bonchev–Trinajstić information content (AvgIpc) is 3.04. The fraction of sp³-hybridized carbons (Fsp3) is 0.375. The van der Waals surface area contributed by atoms with E-state index in [1.54, 1.807) is 24.9 Å². The van der Waals surface area contributed by atoms with Crippen molar-refractivity contribution in [3.05, 3.63) is 49.1 Å². The second-order valence-corrected chi connectivity index (χ2v) is 5.79. The van der Waals surface area contributed by atoms with Crippen LogP contribution in [0.15, 0.2) is 43.4 Å². The van der Waals surface area contributed by atoms with Gasteiger partial charge in [0.1, 0.15) is 12.1 Å². The van der Waals surface area contributed by atoms with Crippen LogP contribution in [0, 0.1) is 0 Å². The van der Waals surface area contributed by atoms with Crippen molar-refractivity contribution in [2.75, 3.05) is 18.0 Å². The van der Waals surface area contributed by atoms with Gasteiger partial charge in [-0.05, 0) is 18.9 Å².